The summed E-state index contributed by atoms with van der Waals surface area (Å²) in [6.45, 7) is 2.07. The van der Waals surface area contributed by atoms with Crippen LogP contribution >= 0.6 is 24.8 Å². The van der Waals surface area contributed by atoms with Gasteiger partial charge in [-0.05, 0) is 31.0 Å². The van der Waals surface area contributed by atoms with Crippen molar-refractivity contribution in [1.29, 1.82) is 0 Å². The van der Waals surface area contributed by atoms with E-state index in [0.29, 0.717) is 6.04 Å². The first-order valence-corrected chi connectivity index (χ1v) is 6.85. The minimum absolute atomic E-state index is 0. The third-order valence-electron chi connectivity index (χ3n) is 3.73. The Morgan fingerprint density at radius 1 is 0.952 bits per heavy atom. The van der Waals surface area contributed by atoms with Crippen molar-refractivity contribution in [3.05, 3.63) is 48.7 Å². The van der Waals surface area contributed by atoms with E-state index in [-0.39, 0.29) is 24.8 Å². The largest absolute Gasteiger partial charge is 0.371 e. The molecule has 0 unspecified atom stereocenters. The predicted molar refractivity (Wildman–Crippen MR) is 93.6 cm³/mol. The number of anilines is 1. The maximum absolute atomic E-state index is 5.99. The number of piperidine rings is 1. The van der Waals surface area contributed by atoms with Crippen LogP contribution in [0.4, 0.5) is 5.69 Å². The van der Waals surface area contributed by atoms with Crippen LogP contribution in [0.2, 0.25) is 0 Å². The monoisotopic (exact) mass is 325 g/mol. The first-order valence-electron chi connectivity index (χ1n) is 6.85. The van der Waals surface area contributed by atoms with E-state index in [2.05, 4.69) is 40.2 Å². The molecule has 1 saturated heterocycles. The summed E-state index contributed by atoms with van der Waals surface area (Å²) in [4.78, 5) is 6.89. The number of nitrogens with zero attached hydrogens (tertiary/aromatic N) is 2. The molecular formula is C16H21Cl2N3. The van der Waals surface area contributed by atoms with Crippen molar-refractivity contribution in [3.8, 4) is 11.3 Å². The molecule has 0 saturated carbocycles. The molecule has 3 rings (SSSR count). The number of hydrogen-bond acceptors (Lipinski definition) is 3. The van der Waals surface area contributed by atoms with Crippen LogP contribution in [0.25, 0.3) is 11.3 Å². The van der Waals surface area contributed by atoms with Crippen molar-refractivity contribution in [3.63, 3.8) is 0 Å². The van der Waals surface area contributed by atoms with Crippen molar-refractivity contribution >= 4 is 30.5 Å². The van der Waals surface area contributed by atoms with E-state index in [0.717, 1.165) is 31.6 Å². The topological polar surface area (TPSA) is 42.1 Å². The molecule has 1 aromatic heterocycles. The fourth-order valence-corrected chi connectivity index (χ4v) is 2.63. The fraction of sp³-hybridized carbons (Fsp3) is 0.312. The van der Waals surface area contributed by atoms with Crippen LogP contribution in [0.1, 0.15) is 12.8 Å². The molecule has 0 atom stereocenters. The lowest BCUT2D eigenvalue weighted by atomic mass is 10.0. The van der Waals surface area contributed by atoms with Crippen LogP contribution in [0.15, 0.2) is 48.7 Å². The van der Waals surface area contributed by atoms with Gasteiger partial charge in [0.1, 0.15) is 0 Å². The lowest BCUT2D eigenvalue weighted by Gasteiger charge is -2.33. The van der Waals surface area contributed by atoms with Crippen LogP contribution in [0.5, 0.6) is 0 Å². The first-order chi connectivity index (χ1) is 9.34. The maximum atomic E-state index is 5.99. The Labute approximate surface area is 138 Å². The molecule has 0 radical (unpaired) electrons. The molecule has 0 spiro atoms. The Balaban J connectivity index is 0.00000110. The minimum Gasteiger partial charge on any atom is -0.371 e. The third kappa shape index (κ3) is 4.10. The molecule has 1 fully saturated rings. The summed E-state index contributed by atoms with van der Waals surface area (Å²) in [6, 6.07) is 14.9. The van der Waals surface area contributed by atoms with E-state index in [1.54, 1.807) is 0 Å². The summed E-state index contributed by atoms with van der Waals surface area (Å²) in [6.07, 6.45) is 3.98. The molecule has 114 valence electrons. The number of rotatable bonds is 2. The number of pyridine rings is 1. The standard InChI is InChI=1S/C16H19N3.2ClH/c17-13-8-11-19(12-9-13)16-7-2-1-5-14(16)15-6-3-4-10-18-15;;/h1-7,10,13H,8-9,11-12,17H2;2*1H. The maximum Gasteiger partial charge on any atom is 0.0722 e. The van der Waals surface area contributed by atoms with Gasteiger partial charge in [0.15, 0.2) is 0 Å². The van der Waals surface area contributed by atoms with Crippen LogP contribution < -0.4 is 10.6 Å². The van der Waals surface area contributed by atoms with Gasteiger partial charge >= 0.3 is 0 Å². The zero-order chi connectivity index (χ0) is 13.1. The molecular weight excluding hydrogens is 305 g/mol. The van der Waals surface area contributed by atoms with E-state index in [9.17, 15) is 0 Å². The highest BCUT2D eigenvalue weighted by atomic mass is 35.5. The van der Waals surface area contributed by atoms with E-state index >= 15 is 0 Å². The summed E-state index contributed by atoms with van der Waals surface area (Å²) in [5.41, 5.74) is 9.50. The molecule has 1 aliphatic rings. The predicted octanol–water partition coefficient (Wildman–Crippen LogP) is 3.52. The molecule has 0 aliphatic carbocycles. The summed E-state index contributed by atoms with van der Waals surface area (Å²) in [5.74, 6) is 0. The molecule has 3 nitrogen and oxygen atoms in total. The second kappa shape index (κ2) is 8.23. The van der Waals surface area contributed by atoms with E-state index in [1.165, 1.54) is 11.3 Å². The lowest BCUT2D eigenvalue weighted by Crippen LogP contribution is -2.39. The van der Waals surface area contributed by atoms with Gasteiger partial charge in [0, 0.05) is 36.6 Å². The molecule has 2 heterocycles. The Morgan fingerprint density at radius 3 is 2.29 bits per heavy atom. The van der Waals surface area contributed by atoms with E-state index in [1.807, 2.05) is 18.3 Å². The van der Waals surface area contributed by atoms with Gasteiger partial charge in [0.05, 0.1) is 5.69 Å². The van der Waals surface area contributed by atoms with Gasteiger partial charge in [-0.15, -0.1) is 24.8 Å². The van der Waals surface area contributed by atoms with Crippen LogP contribution in [0.3, 0.4) is 0 Å². The summed E-state index contributed by atoms with van der Waals surface area (Å²) >= 11 is 0. The van der Waals surface area contributed by atoms with Gasteiger partial charge < -0.3 is 10.6 Å². The van der Waals surface area contributed by atoms with Gasteiger partial charge in [0.25, 0.3) is 0 Å². The van der Waals surface area contributed by atoms with E-state index in [4.69, 9.17) is 5.73 Å². The first kappa shape index (κ1) is 17.8. The van der Waals surface area contributed by atoms with Crippen LogP contribution in [-0.4, -0.2) is 24.1 Å². The van der Waals surface area contributed by atoms with Crippen LogP contribution in [-0.2, 0) is 0 Å². The third-order valence-corrected chi connectivity index (χ3v) is 3.73. The normalized spacial score (nSPS) is 15.0. The molecule has 21 heavy (non-hydrogen) atoms. The molecule has 2 aromatic rings. The smallest absolute Gasteiger partial charge is 0.0722 e. The van der Waals surface area contributed by atoms with Crippen molar-refractivity contribution in [1.82, 2.24) is 4.98 Å². The quantitative estimate of drug-likeness (QED) is 0.918. The Bertz CT molecular complexity index is 540. The summed E-state index contributed by atoms with van der Waals surface area (Å²) in [7, 11) is 0. The average Bonchev–Trinajstić information content (AvgIpc) is 2.49. The van der Waals surface area contributed by atoms with Gasteiger partial charge in [-0.2, -0.15) is 0 Å². The second-order valence-corrected chi connectivity index (χ2v) is 5.06. The summed E-state index contributed by atoms with van der Waals surface area (Å²) in [5, 5.41) is 0. The summed E-state index contributed by atoms with van der Waals surface area (Å²) < 4.78 is 0. The number of aromatic nitrogens is 1. The van der Waals surface area contributed by atoms with Gasteiger partial charge in [-0.1, -0.05) is 24.3 Å². The number of para-hydroxylation sites is 1. The van der Waals surface area contributed by atoms with Crippen molar-refractivity contribution in [2.75, 3.05) is 18.0 Å². The van der Waals surface area contributed by atoms with Crippen molar-refractivity contribution in [2.24, 2.45) is 5.73 Å². The molecule has 5 heteroatoms. The average molecular weight is 326 g/mol. The number of nitrogens with two attached hydrogens (primary N) is 1. The zero-order valence-corrected chi connectivity index (χ0v) is 13.4. The molecule has 0 bridgehead atoms. The second-order valence-electron chi connectivity index (χ2n) is 5.06. The van der Waals surface area contributed by atoms with Crippen molar-refractivity contribution < 1.29 is 0 Å². The van der Waals surface area contributed by atoms with Gasteiger partial charge in [-0.3, -0.25) is 4.98 Å². The number of hydrogen-bond donors (Lipinski definition) is 1. The molecule has 1 aliphatic heterocycles. The van der Waals surface area contributed by atoms with Gasteiger partial charge in [-0.25, -0.2) is 0 Å². The molecule has 0 amide bonds. The lowest BCUT2D eigenvalue weighted by molar-refractivity contribution is 0.501. The number of benzene rings is 1. The van der Waals surface area contributed by atoms with Crippen LogP contribution in [0, 0.1) is 0 Å². The Kier molecular flexibility index (Phi) is 6.96. The number of halogens is 2. The highest BCUT2D eigenvalue weighted by Crippen LogP contribution is 2.30. The molecule has 1 aromatic carbocycles. The van der Waals surface area contributed by atoms with Crippen molar-refractivity contribution in [2.45, 2.75) is 18.9 Å². The SMILES string of the molecule is Cl.Cl.NC1CCN(c2ccccc2-c2ccccn2)CC1. The molecule has 2 N–H and O–H groups in total. The highest BCUT2D eigenvalue weighted by molar-refractivity contribution is 5.85. The minimum atomic E-state index is 0. The highest BCUT2D eigenvalue weighted by Gasteiger charge is 2.18. The Hall–Kier alpha value is -1.29. The van der Waals surface area contributed by atoms with Gasteiger partial charge in [0.2, 0.25) is 0 Å². The van der Waals surface area contributed by atoms with E-state index < -0.39 is 0 Å². The zero-order valence-electron chi connectivity index (χ0n) is 11.8. The fourth-order valence-electron chi connectivity index (χ4n) is 2.63. The Morgan fingerprint density at radius 2 is 1.62 bits per heavy atom.